The van der Waals surface area contributed by atoms with Crippen molar-refractivity contribution in [3.8, 4) is 0 Å². The third-order valence-electron chi connectivity index (χ3n) is 2.76. The number of hydrogen-bond donors (Lipinski definition) is 0. The summed E-state index contributed by atoms with van der Waals surface area (Å²) >= 11 is 0. The summed E-state index contributed by atoms with van der Waals surface area (Å²) in [7, 11) is 2.18. The third kappa shape index (κ3) is 3.51. The van der Waals surface area contributed by atoms with E-state index in [1.807, 2.05) is 0 Å². The van der Waals surface area contributed by atoms with Gasteiger partial charge in [0.15, 0.2) is 0 Å². The molecule has 0 aliphatic heterocycles. The quantitative estimate of drug-likeness (QED) is 0.707. The second-order valence-corrected chi connectivity index (χ2v) is 4.31. The molecule has 0 unspecified atom stereocenters. The molecule has 1 heteroatoms. The van der Waals surface area contributed by atoms with Crippen LogP contribution in [0.25, 0.3) is 0 Å². The molecule has 0 N–H and O–H groups in total. The summed E-state index contributed by atoms with van der Waals surface area (Å²) in [5, 5.41) is 0. The standard InChI is InChI=1S/C13H21N/c1-11(2)14(4)10-9-13-7-5-12(3)6-8-13/h5-8,11H,9-10H2,1-4H3. The second kappa shape index (κ2) is 5.16. The fourth-order valence-corrected chi connectivity index (χ4v) is 1.32. The van der Waals surface area contributed by atoms with Gasteiger partial charge in [-0.15, -0.1) is 0 Å². The van der Waals surface area contributed by atoms with Crippen molar-refractivity contribution in [2.45, 2.75) is 33.2 Å². The summed E-state index contributed by atoms with van der Waals surface area (Å²) < 4.78 is 0. The van der Waals surface area contributed by atoms with Crippen molar-refractivity contribution in [2.24, 2.45) is 0 Å². The molecule has 0 heterocycles. The first-order chi connectivity index (χ1) is 6.59. The van der Waals surface area contributed by atoms with Gasteiger partial charge in [0.2, 0.25) is 0 Å². The maximum absolute atomic E-state index is 2.37. The number of benzene rings is 1. The van der Waals surface area contributed by atoms with Gasteiger partial charge in [-0.1, -0.05) is 29.8 Å². The topological polar surface area (TPSA) is 3.24 Å². The number of hydrogen-bond acceptors (Lipinski definition) is 1. The highest BCUT2D eigenvalue weighted by atomic mass is 15.1. The van der Waals surface area contributed by atoms with Crippen LogP contribution in [0.1, 0.15) is 25.0 Å². The number of rotatable bonds is 4. The largest absolute Gasteiger partial charge is 0.304 e. The SMILES string of the molecule is Cc1ccc(CCN(C)C(C)C)cc1. The molecule has 0 aliphatic carbocycles. The predicted octanol–water partition coefficient (Wildman–Crippen LogP) is 2.88. The van der Waals surface area contributed by atoms with E-state index >= 15 is 0 Å². The van der Waals surface area contributed by atoms with Gasteiger partial charge in [0.05, 0.1) is 0 Å². The van der Waals surface area contributed by atoms with Crippen LogP contribution < -0.4 is 0 Å². The van der Waals surface area contributed by atoms with E-state index in [1.54, 1.807) is 0 Å². The molecule has 0 aliphatic rings. The minimum Gasteiger partial charge on any atom is -0.304 e. The highest BCUT2D eigenvalue weighted by Crippen LogP contribution is 2.05. The Bertz CT molecular complexity index is 261. The first-order valence-electron chi connectivity index (χ1n) is 5.35. The lowest BCUT2D eigenvalue weighted by atomic mass is 10.1. The first kappa shape index (κ1) is 11.3. The minimum atomic E-state index is 0.639. The molecule has 0 radical (unpaired) electrons. The molecule has 1 nitrogen and oxygen atoms in total. The molecule has 0 spiro atoms. The van der Waals surface area contributed by atoms with Gasteiger partial charge in [-0.3, -0.25) is 0 Å². The van der Waals surface area contributed by atoms with Crippen molar-refractivity contribution in [3.63, 3.8) is 0 Å². The van der Waals surface area contributed by atoms with Crippen molar-refractivity contribution in [1.82, 2.24) is 4.90 Å². The van der Waals surface area contributed by atoms with Crippen LogP contribution in [0.4, 0.5) is 0 Å². The fraction of sp³-hybridized carbons (Fsp3) is 0.538. The van der Waals surface area contributed by atoms with Gasteiger partial charge in [0.1, 0.15) is 0 Å². The van der Waals surface area contributed by atoms with Crippen LogP contribution in [0.15, 0.2) is 24.3 Å². The first-order valence-corrected chi connectivity index (χ1v) is 5.35. The number of aryl methyl sites for hydroxylation is 1. The average Bonchev–Trinajstić information content (AvgIpc) is 2.16. The van der Waals surface area contributed by atoms with E-state index in [9.17, 15) is 0 Å². The van der Waals surface area contributed by atoms with Gasteiger partial charge in [0, 0.05) is 12.6 Å². The monoisotopic (exact) mass is 191 g/mol. The smallest absolute Gasteiger partial charge is 0.00356 e. The van der Waals surface area contributed by atoms with Gasteiger partial charge in [-0.05, 0) is 39.8 Å². The van der Waals surface area contributed by atoms with E-state index in [1.165, 1.54) is 11.1 Å². The molecular formula is C13H21N. The van der Waals surface area contributed by atoms with Gasteiger partial charge in [0.25, 0.3) is 0 Å². The summed E-state index contributed by atoms with van der Waals surface area (Å²) in [4.78, 5) is 2.37. The maximum atomic E-state index is 2.37. The Kier molecular flexibility index (Phi) is 4.15. The normalized spacial score (nSPS) is 11.3. The van der Waals surface area contributed by atoms with E-state index in [2.05, 4.69) is 57.0 Å². The molecule has 0 fully saturated rings. The summed E-state index contributed by atoms with van der Waals surface area (Å²) in [5.74, 6) is 0. The lowest BCUT2D eigenvalue weighted by molar-refractivity contribution is 0.277. The van der Waals surface area contributed by atoms with E-state index in [4.69, 9.17) is 0 Å². The van der Waals surface area contributed by atoms with Crippen LogP contribution >= 0.6 is 0 Å². The summed E-state index contributed by atoms with van der Waals surface area (Å²) in [6.07, 6.45) is 1.15. The van der Waals surface area contributed by atoms with E-state index < -0.39 is 0 Å². The molecule has 1 aromatic carbocycles. The lowest BCUT2D eigenvalue weighted by Crippen LogP contribution is -2.28. The highest BCUT2D eigenvalue weighted by molar-refractivity contribution is 5.21. The lowest BCUT2D eigenvalue weighted by Gasteiger charge is -2.20. The Morgan fingerprint density at radius 2 is 1.71 bits per heavy atom. The Morgan fingerprint density at radius 1 is 1.14 bits per heavy atom. The van der Waals surface area contributed by atoms with Crippen molar-refractivity contribution >= 4 is 0 Å². The molecule has 0 aromatic heterocycles. The summed E-state index contributed by atoms with van der Waals surface area (Å²) in [5.41, 5.74) is 2.77. The van der Waals surface area contributed by atoms with Crippen LogP contribution in [-0.2, 0) is 6.42 Å². The van der Waals surface area contributed by atoms with Crippen LogP contribution in [0.5, 0.6) is 0 Å². The van der Waals surface area contributed by atoms with Crippen LogP contribution in [-0.4, -0.2) is 24.5 Å². The maximum Gasteiger partial charge on any atom is 0.00356 e. The molecule has 0 amide bonds. The average molecular weight is 191 g/mol. The third-order valence-corrected chi connectivity index (χ3v) is 2.76. The molecule has 78 valence electrons. The van der Waals surface area contributed by atoms with Crippen molar-refractivity contribution in [1.29, 1.82) is 0 Å². The molecule has 1 rings (SSSR count). The van der Waals surface area contributed by atoms with E-state index in [0.29, 0.717) is 6.04 Å². The molecule has 0 saturated carbocycles. The fourth-order valence-electron chi connectivity index (χ4n) is 1.32. The molecular weight excluding hydrogens is 170 g/mol. The summed E-state index contributed by atoms with van der Waals surface area (Å²) in [6.45, 7) is 7.73. The zero-order valence-corrected chi connectivity index (χ0v) is 9.75. The van der Waals surface area contributed by atoms with Crippen LogP contribution in [0, 0.1) is 6.92 Å². The van der Waals surface area contributed by atoms with E-state index in [-0.39, 0.29) is 0 Å². The Morgan fingerprint density at radius 3 is 2.21 bits per heavy atom. The minimum absolute atomic E-state index is 0.639. The van der Waals surface area contributed by atoms with Crippen molar-refractivity contribution in [2.75, 3.05) is 13.6 Å². The Labute approximate surface area is 87.7 Å². The Hall–Kier alpha value is -0.820. The van der Waals surface area contributed by atoms with Crippen LogP contribution in [0.3, 0.4) is 0 Å². The second-order valence-electron chi connectivity index (χ2n) is 4.31. The van der Waals surface area contributed by atoms with Crippen molar-refractivity contribution < 1.29 is 0 Å². The Balaban J connectivity index is 2.42. The number of nitrogens with zero attached hydrogens (tertiary/aromatic N) is 1. The van der Waals surface area contributed by atoms with Crippen molar-refractivity contribution in [3.05, 3.63) is 35.4 Å². The van der Waals surface area contributed by atoms with Gasteiger partial charge in [-0.25, -0.2) is 0 Å². The molecule has 1 aromatic rings. The summed E-state index contributed by atoms with van der Waals surface area (Å²) in [6, 6.07) is 9.46. The van der Waals surface area contributed by atoms with Gasteiger partial charge in [-0.2, -0.15) is 0 Å². The molecule has 0 bridgehead atoms. The molecule has 14 heavy (non-hydrogen) atoms. The highest BCUT2D eigenvalue weighted by Gasteiger charge is 2.02. The molecule has 0 atom stereocenters. The molecule has 0 saturated heterocycles. The van der Waals surface area contributed by atoms with E-state index in [0.717, 1.165) is 13.0 Å². The van der Waals surface area contributed by atoms with Crippen LogP contribution in [0.2, 0.25) is 0 Å². The number of likely N-dealkylation sites (N-methyl/N-ethyl adjacent to an activating group) is 1. The van der Waals surface area contributed by atoms with Gasteiger partial charge < -0.3 is 4.90 Å². The predicted molar refractivity (Wildman–Crippen MR) is 62.6 cm³/mol. The zero-order chi connectivity index (χ0) is 10.6. The van der Waals surface area contributed by atoms with Gasteiger partial charge >= 0.3 is 0 Å². The zero-order valence-electron chi connectivity index (χ0n) is 9.75.